The lowest BCUT2D eigenvalue weighted by Gasteiger charge is -2.12. The Hall–Kier alpha value is -1.15. The first-order chi connectivity index (χ1) is 8.34. The minimum Gasteiger partial charge on any atom is -0.312 e. The number of allylic oxidation sites excluding steroid dienone is 1. The topological polar surface area (TPSA) is 12.0 Å². The summed E-state index contributed by atoms with van der Waals surface area (Å²) in [6.45, 7) is 1.84. The summed E-state index contributed by atoms with van der Waals surface area (Å²) in [5.74, 6) is -0.166. The summed E-state index contributed by atoms with van der Waals surface area (Å²) in [6.07, 6.45) is 8.78. The summed E-state index contributed by atoms with van der Waals surface area (Å²) < 4.78 is 12.7. The summed E-state index contributed by atoms with van der Waals surface area (Å²) in [4.78, 5) is 0. The van der Waals surface area contributed by atoms with E-state index in [1.54, 1.807) is 5.57 Å². The average molecular weight is 233 g/mol. The zero-order valence-electron chi connectivity index (χ0n) is 10.2. The van der Waals surface area contributed by atoms with Crippen molar-refractivity contribution in [3.8, 4) is 0 Å². The van der Waals surface area contributed by atoms with Crippen molar-refractivity contribution in [2.24, 2.45) is 0 Å². The second kappa shape index (κ2) is 6.55. The Morgan fingerprint density at radius 1 is 1.12 bits per heavy atom. The molecule has 0 bridgehead atoms. The zero-order valence-corrected chi connectivity index (χ0v) is 10.2. The molecule has 92 valence electrons. The second-order valence-corrected chi connectivity index (χ2v) is 4.66. The van der Waals surface area contributed by atoms with Crippen molar-refractivity contribution in [3.63, 3.8) is 0 Å². The lowest BCUT2D eigenvalue weighted by molar-refractivity contribution is 0.621. The zero-order chi connectivity index (χ0) is 11.9. The molecule has 1 N–H and O–H groups in total. The van der Waals surface area contributed by atoms with Gasteiger partial charge in [-0.05, 0) is 56.3 Å². The number of rotatable bonds is 5. The minimum atomic E-state index is -0.166. The van der Waals surface area contributed by atoms with E-state index in [2.05, 4.69) is 11.4 Å². The van der Waals surface area contributed by atoms with Crippen LogP contribution in [0.1, 0.15) is 37.7 Å². The summed E-state index contributed by atoms with van der Waals surface area (Å²) in [7, 11) is 0. The highest BCUT2D eigenvalue weighted by molar-refractivity contribution is 5.15. The Balaban J connectivity index is 1.66. The molecule has 2 rings (SSSR count). The Kier molecular flexibility index (Phi) is 4.75. The molecule has 0 spiro atoms. The van der Waals surface area contributed by atoms with E-state index in [4.69, 9.17) is 0 Å². The Morgan fingerprint density at radius 2 is 1.94 bits per heavy atom. The van der Waals surface area contributed by atoms with Crippen LogP contribution in [0, 0.1) is 5.82 Å². The monoisotopic (exact) mass is 233 g/mol. The molecule has 0 saturated heterocycles. The number of benzene rings is 1. The molecule has 0 fully saturated rings. The van der Waals surface area contributed by atoms with Crippen LogP contribution in [0.4, 0.5) is 4.39 Å². The van der Waals surface area contributed by atoms with Crippen molar-refractivity contribution >= 4 is 0 Å². The lowest BCUT2D eigenvalue weighted by atomic mass is 9.97. The fourth-order valence-electron chi connectivity index (χ4n) is 2.22. The van der Waals surface area contributed by atoms with Crippen molar-refractivity contribution in [1.82, 2.24) is 5.32 Å². The fourth-order valence-corrected chi connectivity index (χ4v) is 2.22. The van der Waals surface area contributed by atoms with Crippen molar-refractivity contribution in [2.75, 3.05) is 6.54 Å². The molecule has 0 atom stereocenters. The van der Waals surface area contributed by atoms with Gasteiger partial charge in [0.1, 0.15) is 5.82 Å². The average Bonchev–Trinajstić information content (AvgIpc) is 2.38. The molecule has 1 aliphatic rings. The highest BCUT2D eigenvalue weighted by Crippen LogP contribution is 2.19. The molecule has 1 nitrogen and oxygen atoms in total. The van der Waals surface area contributed by atoms with E-state index in [9.17, 15) is 4.39 Å². The summed E-state index contributed by atoms with van der Waals surface area (Å²) >= 11 is 0. The van der Waals surface area contributed by atoms with Gasteiger partial charge in [-0.2, -0.15) is 0 Å². The summed E-state index contributed by atoms with van der Waals surface area (Å²) in [5.41, 5.74) is 2.74. The van der Waals surface area contributed by atoms with E-state index in [1.165, 1.54) is 37.8 Å². The van der Waals surface area contributed by atoms with Crippen LogP contribution in [0.5, 0.6) is 0 Å². The molecule has 0 aliphatic heterocycles. The van der Waals surface area contributed by atoms with Crippen LogP contribution >= 0.6 is 0 Å². The van der Waals surface area contributed by atoms with E-state index in [0.717, 1.165) is 25.1 Å². The van der Waals surface area contributed by atoms with E-state index in [-0.39, 0.29) is 5.82 Å². The van der Waals surface area contributed by atoms with Crippen LogP contribution in [-0.4, -0.2) is 6.54 Å². The lowest BCUT2D eigenvalue weighted by Crippen LogP contribution is -2.15. The molecule has 1 aromatic rings. The summed E-state index contributed by atoms with van der Waals surface area (Å²) in [6, 6.07) is 6.70. The van der Waals surface area contributed by atoms with Gasteiger partial charge < -0.3 is 5.32 Å². The third kappa shape index (κ3) is 4.31. The first-order valence-electron chi connectivity index (χ1n) is 6.48. The number of hydrogen-bond donors (Lipinski definition) is 1. The van der Waals surface area contributed by atoms with E-state index in [0.29, 0.717) is 0 Å². The molecule has 0 aromatic heterocycles. The molecule has 17 heavy (non-hydrogen) atoms. The molecule has 0 heterocycles. The number of hydrogen-bond acceptors (Lipinski definition) is 1. The van der Waals surface area contributed by atoms with Crippen LogP contribution in [0.15, 0.2) is 35.9 Å². The smallest absolute Gasteiger partial charge is 0.123 e. The third-order valence-electron chi connectivity index (χ3n) is 3.25. The van der Waals surface area contributed by atoms with Gasteiger partial charge in [0.2, 0.25) is 0 Å². The molecule has 1 aromatic carbocycles. The SMILES string of the molecule is Fc1ccc(CNCCC2=CCCCC2)cc1. The Morgan fingerprint density at radius 3 is 2.65 bits per heavy atom. The van der Waals surface area contributed by atoms with Crippen molar-refractivity contribution in [3.05, 3.63) is 47.3 Å². The van der Waals surface area contributed by atoms with Crippen LogP contribution < -0.4 is 5.32 Å². The third-order valence-corrected chi connectivity index (χ3v) is 3.25. The first-order valence-corrected chi connectivity index (χ1v) is 6.48. The normalized spacial score (nSPS) is 15.7. The van der Waals surface area contributed by atoms with E-state index >= 15 is 0 Å². The maximum atomic E-state index is 12.7. The van der Waals surface area contributed by atoms with Crippen LogP contribution in [0.25, 0.3) is 0 Å². The number of nitrogens with one attached hydrogen (secondary N) is 1. The van der Waals surface area contributed by atoms with Gasteiger partial charge in [0.25, 0.3) is 0 Å². The second-order valence-electron chi connectivity index (χ2n) is 4.66. The molecule has 0 amide bonds. The quantitative estimate of drug-likeness (QED) is 0.602. The van der Waals surface area contributed by atoms with Gasteiger partial charge in [-0.1, -0.05) is 23.8 Å². The van der Waals surface area contributed by atoms with Gasteiger partial charge in [0, 0.05) is 6.54 Å². The van der Waals surface area contributed by atoms with Crippen molar-refractivity contribution in [2.45, 2.75) is 38.6 Å². The maximum Gasteiger partial charge on any atom is 0.123 e. The molecule has 1 aliphatic carbocycles. The minimum absolute atomic E-state index is 0.166. The molecule has 0 saturated carbocycles. The maximum absolute atomic E-state index is 12.7. The van der Waals surface area contributed by atoms with Crippen LogP contribution in [0.2, 0.25) is 0 Å². The van der Waals surface area contributed by atoms with E-state index < -0.39 is 0 Å². The van der Waals surface area contributed by atoms with Gasteiger partial charge in [0.15, 0.2) is 0 Å². The van der Waals surface area contributed by atoms with Crippen LogP contribution in [0.3, 0.4) is 0 Å². The predicted molar refractivity (Wildman–Crippen MR) is 69.3 cm³/mol. The van der Waals surface area contributed by atoms with Gasteiger partial charge in [0.05, 0.1) is 0 Å². The fraction of sp³-hybridized carbons (Fsp3) is 0.467. The Labute approximate surface area is 103 Å². The van der Waals surface area contributed by atoms with Crippen molar-refractivity contribution < 1.29 is 4.39 Å². The molecule has 0 radical (unpaired) electrons. The number of halogens is 1. The van der Waals surface area contributed by atoms with Gasteiger partial charge in [-0.15, -0.1) is 0 Å². The molecular formula is C15H20FN. The molecule has 2 heteroatoms. The van der Waals surface area contributed by atoms with Crippen LogP contribution in [-0.2, 0) is 6.54 Å². The van der Waals surface area contributed by atoms with Gasteiger partial charge in [-0.25, -0.2) is 4.39 Å². The largest absolute Gasteiger partial charge is 0.312 e. The highest BCUT2D eigenvalue weighted by Gasteiger charge is 2.02. The molecular weight excluding hydrogens is 213 g/mol. The van der Waals surface area contributed by atoms with Gasteiger partial charge >= 0.3 is 0 Å². The van der Waals surface area contributed by atoms with E-state index in [1.807, 2.05) is 12.1 Å². The highest BCUT2D eigenvalue weighted by atomic mass is 19.1. The summed E-state index contributed by atoms with van der Waals surface area (Å²) in [5, 5.41) is 3.41. The van der Waals surface area contributed by atoms with Crippen molar-refractivity contribution in [1.29, 1.82) is 0 Å². The predicted octanol–water partition coefficient (Wildman–Crippen LogP) is 3.81. The first kappa shape index (κ1) is 12.3. The molecule has 0 unspecified atom stereocenters. The van der Waals surface area contributed by atoms with Gasteiger partial charge in [-0.3, -0.25) is 0 Å². The standard InChI is InChI=1S/C15H20FN/c16-15-8-6-14(7-9-15)12-17-11-10-13-4-2-1-3-5-13/h4,6-9,17H,1-3,5,10-12H2. The Bertz CT molecular complexity index is 367.